The second kappa shape index (κ2) is 5.20. The molecule has 4 nitrogen and oxygen atoms in total. The third-order valence-electron chi connectivity index (χ3n) is 3.63. The number of anilines is 1. The van der Waals surface area contributed by atoms with Gasteiger partial charge in [-0.05, 0) is 17.4 Å². The number of urea groups is 1. The minimum absolute atomic E-state index is 0.156. The summed E-state index contributed by atoms with van der Waals surface area (Å²) in [6, 6.07) is 13.3. The predicted molar refractivity (Wildman–Crippen MR) is 83.2 cm³/mol. The maximum atomic E-state index is 12.5. The second-order valence-electron chi connectivity index (χ2n) is 5.78. The Balaban J connectivity index is 2.03. The molecule has 0 saturated carbocycles. The van der Waals surface area contributed by atoms with Crippen molar-refractivity contribution < 1.29 is 9.59 Å². The van der Waals surface area contributed by atoms with E-state index in [1.807, 2.05) is 56.3 Å². The van der Waals surface area contributed by atoms with Gasteiger partial charge in [0.1, 0.15) is 6.54 Å². The molecule has 108 valence electrons. The molecule has 0 aliphatic carbocycles. The highest BCUT2D eigenvalue weighted by molar-refractivity contribution is 6.23. The smallest absolute Gasteiger partial charge is 0.314 e. The third kappa shape index (κ3) is 2.37. The van der Waals surface area contributed by atoms with Crippen LogP contribution in [-0.4, -0.2) is 29.9 Å². The first-order valence-electron chi connectivity index (χ1n) is 7.17. The highest BCUT2D eigenvalue weighted by Crippen LogP contribution is 2.30. The van der Waals surface area contributed by atoms with Gasteiger partial charge < -0.3 is 4.90 Å². The number of imide groups is 1. The molecular weight excluding hydrogens is 264 g/mol. The SMILES string of the molecule is CC(C)CN1CC(=O)N(c2cccc3ccccc23)C1=O. The molecule has 0 bridgehead atoms. The van der Waals surface area contributed by atoms with Crippen molar-refractivity contribution in [2.45, 2.75) is 13.8 Å². The molecule has 0 atom stereocenters. The quantitative estimate of drug-likeness (QED) is 0.811. The van der Waals surface area contributed by atoms with Gasteiger partial charge in [0.2, 0.25) is 0 Å². The van der Waals surface area contributed by atoms with Crippen molar-refractivity contribution in [3.05, 3.63) is 42.5 Å². The first kappa shape index (κ1) is 13.6. The fraction of sp³-hybridized carbons (Fsp3) is 0.294. The van der Waals surface area contributed by atoms with E-state index in [9.17, 15) is 9.59 Å². The molecule has 4 heteroatoms. The number of rotatable bonds is 3. The van der Waals surface area contributed by atoms with Gasteiger partial charge in [-0.25, -0.2) is 9.69 Å². The summed E-state index contributed by atoms with van der Waals surface area (Å²) in [5.74, 6) is 0.186. The van der Waals surface area contributed by atoms with E-state index < -0.39 is 0 Å². The minimum Gasteiger partial charge on any atom is -0.314 e. The van der Waals surface area contributed by atoms with Crippen LogP contribution < -0.4 is 4.90 Å². The Hall–Kier alpha value is -2.36. The van der Waals surface area contributed by atoms with Gasteiger partial charge in [0, 0.05) is 11.9 Å². The van der Waals surface area contributed by atoms with E-state index in [1.54, 1.807) is 4.90 Å². The third-order valence-corrected chi connectivity index (χ3v) is 3.63. The molecule has 1 heterocycles. The molecule has 3 amide bonds. The van der Waals surface area contributed by atoms with E-state index in [0.717, 1.165) is 10.8 Å². The van der Waals surface area contributed by atoms with Crippen molar-refractivity contribution in [3.63, 3.8) is 0 Å². The highest BCUT2D eigenvalue weighted by Gasteiger charge is 2.37. The van der Waals surface area contributed by atoms with Crippen LogP contribution in [0.5, 0.6) is 0 Å². The Morgan fingerprint density at radius 1 is 1.05 bits per heavy atom. The molecular formula is C17H18N2O2. The Kier molecular flexibility index (Phi) is 3.37. The molecule has 0 spiro atoms. The van der Waals surface area contributed by atoms with Crippen molar-refractivity contribution in [1.29, 1.82) is 0 Å². The lowest BCUT2D eigenvalue weighted by molar-refractivity contribution is -0.116. The average Bonchev–Trinajstić information content (AvgIpc) is 2.72. The van der Waals surface area contributed by atoms with Crippen LogP contribution in [0.3, 0.4) is 0 Å². The van der Waals surface area contributed by atoms with Crippen molar-refractivity contribution >= 4 is 28.4 Å². The molecule has 2 aromatic rings. The number of carbonyl (C=O) groups excluding carboxylic acids is 2. The van der Waals surface area contributed by atoms with Crippen LogP contribution in [0.25, 0.3) is 10.8 Å². The fourth-order valence-electron chi connectivity index (χ4n) is 2.77. The molecule has 1 fully saturated rings. The van der Waals surface area contributed by atoms with Crippen molar-refractivity contribution in [2.24, 2.45) is 5.92 Å². The highest BCUT2D eigenvalue weighted by atomic mass is 16.2. The molecule has 1 aliphatic heterocycles. The van der Waals surface area contributed by atoms with Gasteiger partial charge in [0.05, 0.1) is 5.69 Å². The summed E-state index contributed by atoms with van der Waals surface area (Å²) in [6.07, 6.45) is 0. The maximum absolute atomic E-state index is 12.5. The first-order valence-corrected chi connectivity index (χ1v) is 7.17. The number of carbonyl (C=O) groups is 2. The fourth-order valence-corrected chi connectivity index (χ4v) is 2.77. The van der Waals surface area contributed by atoms with Crippen LogP contribution in [0, 0.1) is 5.92 Å². The van der Waals surface area contributed by atoms with Crippen LogP contribution in [-0.2, 0) is 4.79 Å². The van der Waals surface area contributed by atoms with E-state index in [-0.39, 0.29) is 18.5 Å². The standard InChI is InChI=1S/C17H18N2O2/c1-12(2)10-18-11-16(20)19(17(18)21)15-9-5-7-13-6-3-4-8-14(13)15/h3-9,12H,10-11H2,1-2H3. The number of nitrogens with zero attached hydrogens (tertiary/aromatic N) is 2. The molecule has 0 radical (unpaired) electrons. The topological polar surface area (TPSA) is 40.6 Å². The summed E-state index contributed by atoms with van der Waals surface area (Å²) in [7, 11) is 0. The Morgan fingerprint density at radius 3 is 2.52 bits per heavy atom. The van der Waals surface area contributed by atoms with Crippen LogP contribution in [0.2, 0.25) is 0 Å². The van der Waals surface area contributed by atoms with Crippen molar-refractivity contribution in [2.75, 3.05) is 18.0 Å². The molecule has 0 unspecified atom stereocenters. The summed E-state index contributed by atoms with van der Waals surface area (Å²) in [5, 5.41) is 1.95. The molecule has 1 saturated heterocycles. The number of amides is 3. The van der Waals surface area contributed by atoms with E-state index in [2.05, 4.69) is 0 Å². The summed E-state index contributed by atoms with van der Waals surface area (Å²) in [6.45, 7) is 4.85. The van der Waals surface area contributed by atoms with E-state index in [4.69, 9.17) is 0 Å². The lowest BCUT2D eigenvalue weighted by Gasteiger charge is -2.19. The van der Waals surface area contributed by atoms with E-state index in [0.29, 0.717) is 18.2 Å². The van der Waals surface area contributed by atoms with Gasteiger partial charge in [-0.2, -0.15) is 0 Å². The lowest BCUT2D eigenvalue weighted by atomic mass is 10.1. The molecule has 0 N–H and O–H groups in total. The van der Waals surface area contributed by atoms with Crippen LogP contribution in [0.15, 0.2) is 42.5 Å². The Labute approximate surface area is 124 Å². The number of benzene rings is 2. The van der Waals surface area contributed by atoms with Gasteiger partial charge in [-0.1, -0.05) is 50.2 Å². The number of hydrogen-bond donors (Lipinski definition) is 0. The first-order chi connectivity index (χ1) is 10.1. The predicted octanol–water partition coefficient (Wildman–Crippen LogP) is 3.26. The van der Waals surface area contributed by atoms with E-state index >= 15 is 0 Å². The van der Waals surface area contributed by atoms with Gasteiger partial charge in [-0.3, -0.25) is 4.79 Å². The second-order valence-corrected chi connectivity index (χ2v) is 5.78. The Bertz CT molecular complexity index is 704. The Morgan fingerprint density at radius 2 is 1.76 bits per heavy atom. The number of fused-ring (bicyclic) bond motifs is 1. The van der Waals surface area contributed by atoms with Crippen LogP contribution in [0.4, 0.5) is 10.5 Å². The lowest BCUT2D eigenvalue weighted by Crippen LogP contribution is -2.34. The van der Waals surface area contributed by atoms with Gasteiger partial charge >= 0.3 is 6.03 Å². The van der Waals surface area contributed by atoms with E-state index in [1.165, 1.54) is 4.90 Å². The average molecular weight is 282 g/mol. The summed E-state index contributed by atoms with van der Waals surface area (Å²) >= 11 is 0. The summed E-state index contributed by atoms with van der Waals surface area (Å²) in [5.41, 5.74) is 0.675. The van der Waals surface area contributed by atoms with Gasteiger partial charge in [-0.15, -0.1) is 0 Å². The van der Waals surface area contributed by atoms with Gasteiger partial charge in [0.15, 0.2) is 0 Å². The monoisotopic (exact) mass is 282 g/mol. The molecule has 0 aromatic heterocycles. The normalized spacial score (nSPS) is 15.6. The van der Waals surface area contributed by atoms with Gasteiger partial charge in [0.25, 0.3) is 5.91 Å². The zero-order valence-electron chi connectivity index (χ0n) is 12.2. The molecule has 21 heavy (non-hydrogen) atoms. The zero-order valence-corrected chi connectivity index (χ0v) is 12.2. The van der Waals surface area contributed by atoms with Crippen molar-refractivity contribution in [1.82, 2.24) is 4.90 Å². The molecule has 1 aliphatic rings. The molecule has 3 rings (SSSR count). The van der Waals surface area contributed by atoms with Crippen LogP contribution in [0.1, 0.15) is 13.8 Å². The van der Waals surface area contributed by atoms with Crippen LogP contribution >= 0.6 is 0 Å². The summed E-state index contributed by atoms with van der Waals surface area (Å²) in [4.78, 5) is 27.7. The zero-order chi connectivity index (χ0) is 15.0. The maximum Gasteiger partial charge on any atom is 0.331 e. The minimum atomic E-state index is -0.218. The summed E-state index contributed by atoms with van der Waals surface area (Å²) < 4.78 is 0. The number of hydrogen-bond acceptors (Lipinski definition) is 2. The van der Waals surface area contributed by atoms with Crippen molar-refractivity contribution in [3.8, 4) is 0 Å². The largest absolute Gasteiger partial charge is 0.331 e. The molecule has 2 aromatic carbocycles.